The van der Waals surface area contributed by atoms with Crippen molar-refractivity contribution >= 4 is 11.3 Å². The van der Waals surface area contributed by atoms with Crippen molar-refractivity contribution in [1.82, 2.24) is 5.32 Å². The predicted molar refractivity (Wildman–Crippen MR) is 81.2 cm³/mol. The third-order valence-corrected chi connectivity index (χ3v) is 7.04. The molecule has 0 saturated heterocycles. The lowest BCUT2D eigenvalue weighted by Gasteiger charge is -2.59. The lowest BCUT2D eigenvalue weighted by Crippen LogP contribution is -2.54. The van der Waals surface area contributed by atoms with Gasteiger partial charge in [0.1, 0.15) is 0 Å². The normalized spacial score (nSPS) is 41.6. The minimum atomic E-state index is 0.645. The number of nitrogens with one attached hydrogen (secondary N) is 1. The first kappa shape index (κ1) is 12.4. The maximum Gasteiger partial charge on any atom is 0.0302 e. The van der Waals surface area contributed by atoms with Gasteiger partial charge < -0.3 is 5.32 Å². The van der Waals surface area contributed by atoms with E-state index in [4.69, 9.17) is 0 Å². The zero-order valence-electron chi connectivity index (χ0n) is 11.9. The van der Waals surface area contributed by atoms with Gasteiger partial charge in [-0.25, -0.2) is 0 Å². The first-order valence-electron chi connectivity index (χ1n) is 7.99. The number of hydrogen-bond acceptors (Lipinski definition) is 2. The molecule has 1 unspecified atom stereocenters. The smallest absolute Gasteiger partial charge is 0.0302 e. The molecule has 1 atom stereocenters. The van der Waals surface area contributed by atoms with Gasteiger partial charge in [0.25, 0.3) is 0 Å². The van der Waals surface area contributed by atoms with E-state index in [1.54, 1.807) is 19.3 Å². The SMILES string of the molecule is CC(NCc1cccs1)C12CC3CC(CC(C3)C1)C2. The molecule has 1 N–H and O–H groups in total. The maximum absolute atomic E-state index is 3.85. The van der Waals surface area contributed by atoms with Gasteiger partial charge in [-0.3, -0.25) is 0 Å². The summed E-state index contributed by atoms with van der Waals surface area (Å²) in [6, 6.07) is 5.12. The number of thiophene rings is 1. The highest BCUT2D eigenvalue weighted by Crippen LogP contribution is 2.61. The third-order valence-electron chi connectivity index (χ3n) is 6.17. The fraction of sp³-hybridized carbons (Fsp3) is 0.765. The molecule has 1 aromatic rings. The molecular weight excluding hydrogens is 250 g/mol. The summed E-state index contributed by atoms with van der Waals surface area (Å²) in [5.74, 6) is 3.20. The minimum Gasteiger partial charge on any atom is -0.309 e. The zero-order chi connectivity index (χ0) is 12.9. The van der Waals surface area contributed by atoms with Crippen molar-refractivity contribution < 1.29 is 0 Å². The van der Waals surface area contributed by atoms with Crippen LogP contribution in [0.2, 0.25) is 0 Å². The Morgan fingerprint density at radius 1 is 1.21 bits per heavy atom. The second-order valence-corrected chi connectivity index (χ2v) is 8.49. The maximum atomic E-state index is 3.85. The van der Waals surface area contributed by atoms with Crippen LogP contribution in [0.3, 0.4) is 0 Å². The van der Waals surface area contributed by atoms with Gasteiger partial charge in [-0.05, 0) is 80.1 Å². The topological polar surface area (TPSA) is 12.0 Å². The van der Waals surface area contributed by atoms with Crippen LogP contribution in [0.15, 0.2) is 17.5 Å². The summed E-state index contributed by atoms with van der Waals surface area (Å²) in [5, 5.41) is 6.04. The Kier molecular flexibility index (Phi) is 3.00. The molecule has 1 heterocycles. The number of hydrogen-bond donors (Lipinski definition) is 1. The molecule has 1 nitrogen and oxygen atoms in total. The molecular formula is C17H25NS. The van der Waals surface area contributed by atoms with Crippen molar-refractivity contribution in [2.45, 2.75) is 58.0 Å². The minimum absolute atomic E-state index is 0.645. The van der Waals surface area contributed by atoms with E-state index in [0.29, 0.717) is 11.5 Å². The summed E-state index contributed by atoms with van der Waals surface area (Å²) in [6.07, 6.45) is 9.19. The highest BCUT2D eigenvalue weighted by molar-refractivity contribution is 7.09. The van der Waals surface area contributed by atoms with E-state index < -0.39 is 0 Å². The monoisotopic (exact) mass is 275 g/mol. The van der Waals surface area contributed by atoms with E-state index in [1.165, 1.54) is 24.1 Å². The zero-order valence-corrected chi connectivity index (χ0v) is 12.7. The molecule has 0 spiro atoms. The summed E-state index contributed by atoms with van der Waals surface area (Å²) >= 11 is 1.88. The van der Waals surface area contributed by atoms with E-state index in [2.05, 4.69) is 29.8 Å². The van der Waals surface area contributed by atoms with Crippen molar-refractivity contribution in [2.24, 2.45) is 23.2 Å². The average Bonchev–Trinajstić information content (AvgIpc) is 2.87. The Hall–Kier alpha value is -0.340. The van der Waals surface area contributed by atoms with E-state index >= 15 is 0 Å². The third kappa shape index (κ3) is 2.17. The standard InChI is InChI=1S/C17H25NS/c1-12(18-11-16-3-2-4-19-16)17-8-13-5-14(9-17)7-15(6-13)10-17/h2-4,12-15,18H,5-11H2,1H3. The molecule has 0 amide bonds. The predicted octanol–water partition coefficient (Wildman–Crippen LogP) is 4.44. The summed E-state index contributed by atoms with van der Waals surface area (Å²) in [7, 11) is 0. The molecule has 4 aliphatic carbocycles. The van der Waals surface area contributed by atoms with Gasteiger partial charge in [-0.2, -0.15) is 0 Å². The van der Waals surface area contributed by atoms with Crippen LogP contribution in [-0.2, 0) is 6.54 Å². The fourth-order valence-electron chi connectivity index (χ4n) is 5.59. The van der Waals surface area contributed by atoms with Crippen LogP contribution in [0.5, 0.6) is 0 Å². The summed E-state index contributed by atoms with van der Waals surface area (Å²) in [4.78, 5) is 1.48. The van der Waals surface area contributed by atoms with Crippen LogP contribution in [0, 0.1) is 23.2 Å². The van der Waals surface area contributed by atoms with Gasteiger partial charge >= 0.3 is 0 Å². The molecule has 4 saturated carbocycles. The quantitative estimate of drug-likeness (QED) is 0.856. The second-order valence-electron chi connectivity index (χ2n) is 7.46. The molecule has 0 radical (unpaired) electrons. The van der Waals surface area contributed by atoms with E-state index in [9.17, 15) is 0 Å². The molecule has 1 aromatic heterocycles. The lowest BCUT2D eigenvalue weighted by molar-refractivity contribution is -0.0706. The number of rotatable bonds is 4. The van der Waals surface area contributed by atoms with E-state index in [-0.39, 0.29) is 0 Å². The molecule has 5 rings (SSSR count). The molecule has 4 bridgehead atoms. The van der Waals surface area contributed by atoms with Crippen LogP contribution in [0.1, 0.15) is 50.3 Å². The molecule has 4 fully saturated rings. The first-order chi connectivity index (χ1) is 9.23. The average molecular weight is 275 g/mol. The molecule has 0 aromatic carbocycles. The highest BCUT2D eigenvalue weighted by Gasteiger charge is 2.52. The Morgan fingerprint density at radius 3 is 2.37 bits per heavy atom. The second kappa shape index (κ2) is 4.60. The largest absolute Gasteiger partial charge is 0.309 e. The van der Waals surface area contributed by atoms with Gasteiger partial charge in [-0.15, -0.1) is 11.3 Å². The highest BCUT2D eigenvalue weighted by atomic mass is 32.1. The van der Waals surface area contributed by atoms with E-state index in [1.807, 2.05) is 11.3 Å². The van der Waals surface area contributed by atoms with Crippen molar-refractivity contribution in [2.75, 3.05) is 0 Å². The fourth-order valence-corrected chi connectivity index (χ4v) is 6.25. The molecule has 19 heavy (non-hydrogen) atoms. The molecule has 2 heteroatoms. The summed E-state index contributed by atoms with van der Waals surface area (Å²) in [6.45, 7) is 3.53. The van der Waals surface area contributed by atoms with E-state index in [0.717, 1.165) is 24.3 Å². The Labute approximate surface area is 120 Å². The van der Waals surface area contributed by atoms with Gasteiger partial charge in [0.05, 0.1) is 0 Å². The Balaban J connectivity index is 1.45. The Morgan fingerprint density at radius 2 is 1.84 bits per heavy atom. The van der Waals surface area contributed by atoms with Crippen molar-refractivity contribution in [3.63, 3.8) is 0 Å². The van der Waals surface area contributed by atoms with Gasteiger partial charge in [0, 0.05) is 17.5 Å². The van der Waals surface area contributed by atoms with Crippen molar-refractivity contribution in [3.8, 4) is 0 Å². The molecule has 0 aliphatic heterocycles. The Bertz CT molecular complexity index is 401. The molecule has 104 valence electrons. The summed E-state index contributed by atoms with van der Waals surface area (Å²) < 4.78 is 0. The van der Waals surface area contributed by atoms with Crippen molar-refractivity contribution in [1.29, 1.82) is 0 Å². The van der Waals surface area contributed by atoms with Gasteiger partial charge in [-0.1, -0.05) is 6.07 Å². The lowest BCUT2D eigenvalue weighted by atomic mass is 9.48. The van der Waals surface area contributed by atoms with Crippen LogP contribution >= 0.6 is 11.3 Å². The van der Waals surface area contributed by atoms with Crippen LogP contribution in [0.25, 0.3) is 0 Å². The van der Waals surface area contributed by atoms with Crippen LogP contribution < -0.4 is 5.32 Å². The molecule has 4 aliphatic rings. The first-order valence-corrected chi connectivity index (χ1v) is 8.87. The summed E-state index contributed by atoms with van der Waals surface area (Å²) in [5.41, 5.74) is 0.645. The van der Waals surface area contributed by atoms with Crippen LogP contribution in [0.4, 0.5) is 0 Å². The van der Waals surface area contributed by atoms with Crippen molar-refractivity contribution in [3.05, 3.63) is 22.4 Å². The van der Waals surface area contributed by atoms with Gasteiger partial charge in [0.2, 0.25) is 0 Å². The van der Waals surface area contributed by atoms with Crippen LogP contribution in [-0.4, -0.2) is 6.04 Å². The van der Waals surface area contributed by atoms with Gasteiger partial charge in [0.15, 0.2) is 0 Å².